The first kappa shape index (κ1) is 13.0. The molecule has 0 aliphatic heterocycles. The Bertz CT molecular complexity index is 322. The van der Waals surface area contributed by atoms with Crippen molar-refractivity contribution in [2.24, 2.45) is 5.92 Å². The van der Waals surface area contributed by atoms with Crippen LogP contribution >= 0.6 is 0 Å². The zero-order valence-electron chi connectivity index (χ0n) is 10.8. The van der Waals surface area contributed by atoms with Crippen LogP contribution < -0.4 is 4.90 Å². The third-order valence-corrected chi connectivity index (χ3v) is 3.01. The summed E-state index contributed by atoms with van der Waals surface area (Å²) in [6.45, 7) is 9.97. The van der Waals surface area contributed by atoms with Crippen LogP contribution in [0.15, 0.2) is 24.3 Å². The van der Waals surface area contributed by atoms with Gasteiger partial charge in [0.1, 0.15) is 0 Å². The zero-order chi connectivity index (χ0) is 12.1. The lowest BCUT2D eigenvalue weighted by Crippen LogP contribution is -2.35. The van der Waals surface area contributed by atoms with E-state index in [4.69, 9.17) is 0 Å². The Morgan fingerprint density at radius 1 is 1.25 bits per heavy atom. The number of aliphatic hydroxyl groups is 1. The van der Waals surface area contributed by atoms with Crippen molar-refractivity contribution in [3.05, 3.63) is 29.8 Å². The van der Waals surface area contributed by atoms with E-state index >= 15 is 0 Å². The lowest BCUT2D eigenvalue weighted by atomic mass is 10.1. The monoisotopic (exact) mass is 221 g/mol. The average molecular weight is 221 g/mol. The van der Waals surface area contributed by atoms with Gasteiger partial charge in [-0.1, -0.05) is 32.0 Å². The second-order valence-corrected chi connectivity index (χ2v) is 4.64. The minimum Gasteiger partial charge on any atom is -0.391 e. The van der Waals surface area contributed by atoms with Gasteiger partial charge in [0.15, 0.2) is 0 Å². The van der Waals surface area contributed by atoms with Gasteiger partial charge >= 0.3 is 0 Å². The molecule has 1 N–H and O–H groups in total. The summed E-state index contributed by atoms with van der Waals surface area (Å²) in [7, 11) is 0. The lowest BCUT2D eigenvalue weighted by molar-refractivity contribution is 0.131. The van der Waals surface area contributed by atoms with Gasteiger partial charge in [0, 0.05) is 18.8 Å². The fourth-order valence-electron chi connectivity index (χ4n) is 1.75. The van der Waals surface area contributed by atoms with Crippen LogP contribution in [0.2, 0.25) is 0 Å². The normalized spacial score (nSPS) is 12.9. The van der Waals surface area contributed by atoms with Crippen molar-refractivity contribution in [3.8, 4) is 0 Å². The van der Waals surface area contributed by atoms with E-state index in [2.05, 4.69) is 44.7 Å². The third-order valence-electron chi connectivity index (χ3n) is 3.01. The van der Waals surface area contributed by atoms with E-state index in [1.807, 2.05) is 12.1 Å². The Hall–Kier alpha value is -1.02. The van der Waals surface area contributed by atoms with Crippen molar-refractivity contribution in [2.45, 2.75) is 33.8 Å². The van der Waals surface area contributed by atoms with Gasteiger partial charge in [0.2, 0.25) is 0 Å². The van der Waals surface area contributed by atoms with E-state index in [1.165, 1.54) is 11.3 Å². The molecule has 0 bridgehead atoms. The number of aliphatic hydroxyl groups excluding tert-OH is 1. The van der Waals surface area contributed by atoms with Gasteiger partial charge < -0.3 is 10.0 Å². The number of rotatable bonds is 5. The third kappa shape index (κ3) is 3.24. The van der Waals surface area contributed by atoms with Crippen LogP contribution in [-0.4, -0.2) is 24.3 Å². The van der Waals surface area contributed by atoms with Gasteiger partial charge in [0.05, 0.1) is 6.10 Å². The van der Waals surface area contributed by atoms with E-state index in [0.29, 0.717) is 12.5 Å². The molecule has 0 fully saturated rings. The minimum atomic E-state index is -0.264. The highest BCUT2D eigenvalue weighted by Gasteiger charge is 2.15. The average Bonchev–Trinajstić information content (AvgIpc) is 2.26. The van der Waals surface area contributed by atoms with Crippen LogP contribution in [0, 0.1) is 12.8 Å². The summed E-state index contributed by atoms with van der Waals surface area (Å²) >= 11 is 0. The molecule has 0 aliphatic rings. The molecule has 1 rings (SSSR count). The van der Waals surface area contributed by atoms with E-state index in [9.17, 15) is 5.11 Å². The molecule has 1 aromatic carbocycles. The van der Waals surface area contributed by atoms with Gasteiger partial charge in [-0.25, -0.2) is 0 Å². The number of nitrogens with zero attached hydrogens (tertiary/aromatic N) is 1. The zero-order valence-corrected chi connectivity index (χ0v) is 10.8. The van der Waals surface area contributed by atoms with Crippen LogP contribution in [-0.2, 0) is 0 Å². The molecule has 0 spiro atoms. The summed E-state index contributed by atoms with van der Waals surface area (Å²) in [6.07, 6.45) is -0.264. The number of hydrogen-bond donors (Lipinski definition) is 1. The van der Waals surface area contributed by atoms with E-state index in [1.54, 1.807) is 0 Å². The molecule has 2 heteroatoms. The molecule has 0 radical (unpaired) electrons. The molecule has 0 saturated carbocycles. The van der Waals surface area contributed by atoms with Gasteiger partial charge in [0.25, 0.3) is 0 Å². The second-order valence-electron chi connectivity index (χ2n) is 4.64. The van der Waals surface area contributed by atoms with Gasteiger partial charge in [-0.3, -0.25) is 0 Å². The summed E-state index contributed by atoms with van der Waals surface area (Å²) in [5.41, 5.74) is 2.49. The molecular weight excluding hydrogens is 198 g/mol. The summed E-state index contributed by atoms with van der Waals surface area (Å²) < 4.78 is 0. The van der Waals surface area contributed by atoms with E-state index < -0.39 is 0 Å². The summed E-state index contributed by atoms with van der Waals surface area (Å²) in [4.78, 5) is 2.24. The summed E-state index contributed by atoms with van der Waals surface area (Å²) in [6, 6.07) is 8.32. The number of hydrogen-bond acceptors (Lipinski definition) is 2. The van der Waals surface area contributed by atoms with Crippen molar-refractivity contribution in [1.82, 2.24) is 0 Å². The highest BCUT2D eigenvalue weighted by molar-refractivity contribution is 5.52. The standard InChI is InChI=1S/C14H23NO/c1-5-15(10-14(16)11(2)3)13-9-7-6-8-12(13)4/h6-9,11,14,16H,5,10H2,1-4H3. The predicted octanol–water partition coefficient (Wildman–Crippen LogP) is 2.84. The fourth-order valence-corrected chi connectivity index (χ4v) is 1.75. The first-order valence-electron chi connectivity index (χ1n) is 6.05. The predicted molar refractivity (Wildman–Crippen MR) is 69.9 cm³/mol. The van der Waals surface area contributed by atoms with Crippen LogP contribution in [0.25, 0.3) is 0 Å². The first-order chi connectivity index (χ1) is 7.56. The largest absolute Gasteiger partial charge is 0.391 e. The number of para-hydroxylation sites is 1. The Morgan fingerprint density at radius 3 is 2.38 bits per heavy atom. The highest BCUT2D eigenvalue weighted by Crippen LogP contribution is 2.20. The molecule has 0 aliphatic carbocycles. The molecule has 0 heterocycles. The van der Waals surface area contributed by atoms with Crippen molar-refractivity contribution in [1.29, 1.82) is 0 Å². The second kappa shape index (κ2) is 5.90. The molecular formula is C14H23NO. The number of aryl methyl sites for hydroxylation is 1. The van der Waals surface area contributed by atoms with Crippen LogP contribution in [0.1, 0.15) is 26.3 Å². The summed E-state index contributed by atoms with van der Waals surface area (Å²) in [5, 5.41) is 9.94. The Kier molecular flexibility index (Phi) is 4.81. The minimum absolute atomic E-state index is 0.264. The van der Waals surface area contributed by atoms with Gasteiger partial charge in [-0.15, -0.1) is 0 Å². The molecule has 1 atom stereocenters. The van der Waals surface area contributed by atoms with Crippen molar-refractivity contribution in [3.63, 3.8) is 0 Å². The molecule has 2 nitrogen and oxygen atoms in total. The fraction of sp³-hybridized carbons (Fsp3) is 0.571. The van der Waals surface area contributed by atoms with Crippen LogP contribution in [0.5, 0.6) is 0 Å². The molecule has 0 saturated heterocycles. The topological polar surface area (TPSA) is 23.5 Å². The van der Waals surface area contributed by atoms with Crippen LogP contribution in [0.3, 0.4) is 0 Å². The SMILES string of the molecule is CCN(CC(O)C(C)C)c1ccccc1C. The van der Waals surface area contributed by atoms with Crippen molar-refractivity contribution < 1.29 is 5.11 Å². The smallest absolute Gasteiger partial charge is 0.0737 e. The Labute approximate surface area is 98.9 Å². The molecule has 1 unspecified atom stereocenters. The van der Waals surface area contributed by atoms with Gasteiger partial charge in [-0.2, -0.15) is 0 Å². The van der Waals surface area contributed by atoms with Gasteiger partial charge in [-0.05, 0) is 31.4 Å². The molecule has 16 heavy (non-hydrogen) atoms. The number of anilines is 1. The van der Waals surface area contributed by atoms with E-state index in [0.717, 1.165) is 6.54 Å². The highest BCUT2D eigenvalue weighted by atomic mass is 16.3. The molecule has 90 valence electrons. The van der Waals surface area contributed by atoms with Crippen molar-refractivity contribution >= 4 is 5.69 Å². The molecule has 0 amide bonds. The number of likely N-dealkylation sites (N-methyl/N-ethyl adjacent to an activating group) is 1. The quantitative estimate of drug-likeness (QED) is 0.826. The van der Waals surface area contributed by atoms with E-state index in [-0.39, 0.29) is 6.10 Å². The Balaban J connectivity index is 2.79. The van der Waals surface area contributed by atoms with Crippen molar-refractivity contribution in [2.75, 3.05) is 18.0 Å². The maximum Gasteiger partial charge on any atom is 0.0737 e. The maximum absolute atomic E-state index is 9.94. The van der Waals surface area contributed by atoms with Crippen LogP contribution in [0.4, 0.5) is 5.69 Å². The molecule has 1 aromatic rings. The Morgan fingerprint density at radius 2 is 1.88 bits per heavy atom. The summed E-state index contributed by atoms with van der Waals surface area (Å²) in [5.74, 6) is 0.304. The lowest BCUT2D eigenvalue weighted by Gasteiger charge is -2.28. The maximum atomic E-state index is 9.94. The number of benzene rings is 1. The molecule has 0 aromatic heterocycles. The first-order valence-corrected chi connectivity index (χ1v) is 6.05.